The average molecular weight is 441 g/mol. The summed E-state index contributed by atoms with van der Waals surface area (Å²) in [4.78, 5) is 21.5. The third-order valence-corrected chi connectivity index (χ3v) is 6.41. The molecule has 0 saturated carbocycles. The Labute approximate surface area is 186 Å². The molecule has 8 heteroatoms. The number of aromatic nitrogens is 1. The monoisotopic (exact) mass is 440 g/mol. The molecule has 1 fully saturated rings. The summed E-state index contributed by atoms with van der Waals surface area (Å²) in [6.07, 6.45) is 0.365. The van der Waals surface area contributed by atoms with E-state index in [1.54, 1.807) is 18.4 Å². The van der Waals surface area contributed by atoms with Crippen molar-refractivity contribution in [2.75, 3.05) is 57.9 Å². The van der Waals surface area contributed by atoms with Crippen molar-refractivity contribution in [3.63, 3.8) is 0 Å². The number of para-hydroxylation sites is 2. The van der Waals surface area contributed by atoms with E-state index in [-0.39, 0.29) is 5.91 Å². The van der Waals surface area contributed by atoms with Gasteiger partial charge in [0.05, 0.1) is 24.8 Å². The molecule has 2 heterocycles. The molecular formula is C23H28N4O3S. The number of nitrogens with zero attached hydrogens (tertiary/aromatic N) is 3. The smallest absolute Gasteiger partial charge is 0.223 e. The molecule has 2 aromatic carbocycles. The van der Waals surface area contributed by atoms with Gasteiger partial charge in [0.25, 0.3) is 0 Å². The second kappa shape index (κ2) is 10.5. The van der Waals surface area contributed by atoms with Gasteiger partial charge in [0.1, 0.15) is 17.0 Å². The number of carbonyl (C=O) groups excluding carboxylic acids is 1. The number of methoxy groups -OCH3 is 1. The second-order valence-electron chi connectivity index (χ2n) is 7.39. The van der Waals surface area contributed by atoms with Gasteiger partial charge in [-0.25, -0.2) is 4.98 Å². The van der Waals surface area contributed by atoms with E-state index in [2.05, 4.69) is 21.2 Å². The molecule has 0 bridgehead atoms. The topological polar surface area (TPSA) is 66.9 Å². The SMILES string of the molecule is COc1cccc2sc(N3CCN(CCNC(=O)CCOc4ccccc4)CC3)nc12. The van der Waals surface area contributed by atoms with Crippen LogP contribution in [-0.2, 0) is 4.79 Å². The third-order valence-electron chi connectivity index (χ3n) is 5.32. The Bertz CT molecular complexity index is 987. The van der Waals surface area contributed by atoms with E-state index in [0.717, 1.165) is 59.6 Å². The predicted octanol–water partition coefficient (Wildman–Crippen LogP) is 3.01. The van der Waals surface area contributed by atoms with Crippen LogP contribution in [-0.4, -0.2) is 68.8 Å². The quantitative estimate of drug-likeness (QED) is 0.552. The summed E-state index contributed by atoms with van der Waals surface area (Å²) in [6, 6.07) is 15.6. The number of hydrogen-bond donors (Lipinski definition) is 1. The summed E-state index contributed by atoms with van der Waals surface area (Å²) in [5, 5.41) is 4.04. The first kappa shape index (κ1) is 21.4. The highest BCUT2D eigenvalue weighted by Crippen LogP contribution is 2.34. The van der Waals surface area contributed by atoms with Crippen molar-refractivity contribution in [1.29, 1.82) is 0 Å². The lowest BCUT2D eigenvalue weighted by molar-refractivity contribution is -0.121. The van der Waals surface area contributed by atoms with Gasteiger partial charge in [-0.1, -0.05) is 35.6 Å². The number of nitrogens with one attached hydrogen (secondary N) is 1. The van der Waals surface area contributed by atoms with Gasteiger partial charge >= 0.3 is 0 Å². The number of anilines is 1. The van der Waals surface area contributed by atoms with Gasteiger partial charge < -0.3 is 19.7 Å². The van der Waals surface area contributed by atoms with Crippen molar-refractivity contribution in [2.45, 2.75) is 6.42 Å². The predicted molar refractivity (Wildman–Crippen MR) is 124 cm³/mol. The van der Waals surface area contributed by atoms with Crippen LogP contribution in [0.2, 0.25) is 0 Å². The summed E-state index contributed by atoms with van der Waals surface area (Å²) in [5.41, 5.74) is 0.936. The van der Waals surface area contributed by atoms with E-state index < -0.39 is 0 Å². The minimum atomic E-state index is 0.0259. The van der Waals surface area contributed by atoms with Gasteiger partial charge in [-0.2, -0.15) is 0 Å². The Kier molecular flexibility index (Phi) is 7.22. The van der Waals surface area contributed by atoms with Gasteiger partial charge in [-0.05, 0) is 24.3 Å². The van der Waals surface area contributed by atoms with Gasteiger partial charge in [0, 0.05) is 39.3 Å². The number of fused-ring (bicyclic) bond motifs is 1. The van der Waals surface area contributed by atoms with Crippen LogP contribution in [0.4, 0.5) is 5.13 Å². The molecule has 31 heavy (non-hydrogen) atoms. The molecule has 1 aromatic heterocycles. The summed E-state index contributed by atoms with van der Waals surface area (Å²) in [5.74, 6) is 1.64. The molecule has 0 aliphatic carbocycles. The molecule has 0 atom stereocenters. The number of rotatable bonds is 9. The largest absolute Gasteiger partial charge is 0.494 e. The molecule has 0 spiro atoms. The summed E-state index contributed by atoms with van der Waals surface area (Å²) in [7, 11) is 1.68. The zero-order chi connectivity index (χ0) is 21.5. The molecule has 0 unspecified atom stereocenters. The van der Waals surface area contributed by atoms with Crippen LogP contribution in [0.1, 0.15) is 6.42 Å². The van der Waals surface area contributed by atoms with E-state index in [9.17, 15) is 4.79 Å². The molecule has 1 aliphatic rings. The van der Waals surface area contributed by atoms with Crippen molar-refractivity contribution in [3.05, 3.63) is 48.5 Å². The first-order valence-electron chi connectivity index (χ1n) is 10.6. The van der Waals surface area contributed by atoms with Crippen molar-refractivity contribution < 1.29 is 14.3 Å². The molecule has 4 rings (SSSR count). The first-order valence-corrected chi connectivity index (χ1v) is 11.4. The molecule has 7 nitrogen and oxygen atoms in total. The highest BCUT2D eigenvalue weighted by molar-refractivity contribution is 7.22. The number of benzene rings is 2. The third kappa shape index (κ3) is 5.65. The summed E-state index contributed by atoms with van der Waals surface area (Å²) in [6.45, 7) is 5.68. The summed E-state index contributed by atoms with van der Waals surface area (Å²) >= 11 is 1.71. The van der Waals surface area contributed by atoms with Gasteiger partial charge in [0.2, 0.25) is 5.91 Å². The number of carbonyl (C=O) groups is 1. The number of thiazole rings is 1. The number of amides is 1. The zero-order valence-corrected chi connectivity index (χ0v) is 18.6. The van der Waals surface area contributed by atoms with E-state index >= 15 is 0 Å². The highest BCUT2D eigenvalue weighted by Gasteiger charge is 2.20. The minimum Gasteiger partial charge on any atom is -0.494 e. The van der Waals surface area contributed by atoms with Crippen LogP contribution < -0.4 is 19.7 Å². The van der Waals surface area contributed by atoms with Crippen molar-refractivity contribution in [2.24, 2.45) is 0 Å². The van der Waals surface area contributed by atoms with Crippen molar-refractivity contribution in [1.82, 2.24) is 15.2 Å². The fourth-order valence-electron chi connectivity index (χ4n) is 3.59. The molecule has 1 N–H and O–H groups in total. The Hall–Kier alpha value is -2.84. The molecule has 1 aliphatic heterocycles. The maximum Gasteiger partial charge on any atom is 0.223 e. The Balaban J connectivity index is 1.16. The molecular weight excluding hydrogens is 412 g/mol. The van der Waals surface area contributed by atoms with E-state index in [4.69, 9.17) is 14.5 Å². The van der Waals surface area contributed by atoms with Crippen LogP contribution >= 0.6 is 11.3 Å². The Morgan fingerprint density at radius 3 is 2.68 bits per heavy atom. The average Bonchev–Trinajstić information content (AvgIpc) is 3.25. The Morgan fingerprint density at radius 1 is 1.10 bits per heavy atom. The Morgan fingerprint density at radius 2 is 1.90 bits per heavy atom. The molecule has 3 aromatic rings. The fraction of sp³-hybridized carbons (Fsp3) is 0.391. The van der Waals surface area contributed by atoms with Crippen LogP contribution in [0.5, 0.6) is 11.5 Å². The lowest BCUT2D eigenvalue weighted by atomic mass is 10.3. The number of piperazine rings is 1. The highest BCUT2D eigenvalue weighted by atomic mass is 32.1. The molecule has 164 valence electrons. The van der Waals surface area contributed by atoms with E-state index in [0.29, 0.717) is 19.6 Å². The lowest BCUT2D eigenvalue weighted by Crippen LogP contribution is -2.48. The fourth-order valence-corrected chi connectivity index (χ4v) is 4.63. The van der Waals surface area contributed by atoms with Gasteiger partial charge in [-0.3, -0.25) is 9.69 Å². The lowest BCUT2D eigenvalue weighted by Gasteiger charge is -2.34. The second-order valence-corrected chi connectivity index (χ2v) is 8.40. The number of hydrogen-bond acceptors (Lipinski definition) is 7. The van der Waals surface area contributed by atoms with Crippen LogP contribution in [0.15, 0.2) is 48.5 Å². The molecule has 1 saturated heterocycles. The summed E-state index contributed by atoms with van der Waals surface area (Å²) < 4.78 is 12.2. The standard InChI is InChI=1S/C23H28N4O3S/c1-29-19-8-5-9-20-22(19)25-23(31-20)27-15-13-26(14-16-27)12-11-24-21(28)10-17-30-18-6-3-2-4-7-18/h2-9H,10-17H2,1H3,(H,24,28). The van der Waals surface area contributed by atoms with E-state index in [1.165, 1.54) is 0 Å². The minimum absolute atomic E-state index is 0.0259. The maximum absolute atomic E-state index is 12.0. The van der Waals surface area contributed by atoms with Gasteiger partial charge in [0.15, 0.2) is 5.13 Å². The van der Waals surface area contributed by atoms with Crippen LogP contribution in [0.3, 0.4) is 0 Å². The van der Waals surface area contributed by atoms with Gasteiger partial charge in [-0.15, -0.1) is 0 Å². The van der Waals surface area contributed by atoms with E-state index in [1.807, 2.05) is 42.5 Å². The normalized spacial score (nSPS) is 14.5. The van der Waals surface area contributed by atoms with Crippen molar-refractivity contribution >= 4 is 32.6 Å². The number of ether oxygens (including phenoxy) is 2. The maximum atomic E-state index is 12.0. The zero-order valence-electron chi connectivity index (χ0n) is 17.8. The van der Waals surface area contributed by atoms with Crippen molar-refractivity contribution in [3.8, 4) is 11.5 Å². The van der Waals surface area contributed by atoms with Crippen LogP contribution in [0.25, 0.3) is 10.2 Å². The molecule has 0 radical (unpaired) electrons. The first-order chi connectivity index (χ1) is 15.2. The van der Waals surface area contributed by atoms with Crippen LogP contribution in [0, 0.1) is 0 Å². The molecule has 1 amide bonds.